The zero-order valence-electron chi connectivity index (χ0n) is 10.8. The average molecular weight is 280 g/mol. The highest BCUT2D eigenvalue weighted by atomic mass is 32.2. The molecule has 1 saturated heterocycles. The van der Waals surface area contributed by atoms with Crippen LogP contribution in [0.25, 0.3) is 0 Å². The Morgan fingerprint density at radius 3 is 2.50 bits per heavy atom. The topological polar surface area (TPSA) is 95.9 Å². The third-order valence-corrected chi connectivity index (χ3v) is 3.91. The minimum absolute atomic E-state index is 0.00509. The summed E-state index contributed by atoms with van der Waals surface area (Å²) in [5.41, 5.74) is -0.967. The molecule has 7 nitrogen and oxygen atoms in total. The lowest BCUT2D eigenvalue weighted by atomic mass is 9.92. The van der Waals surface area contributed by atoms with Crippen LogP contribution in [0, 0.1) is 0 Å². The SMILES string of the molecule is CCCC1(O)CN(S(=O)(=O)NC(=O)OC(C)C)C1. The molecular formula is C10H20N2O5S. The summed E-state index contributed by atoms with van der Waals surface area (Å²) in [5.74, 6) is 0. The van der Waals surface area contributed by atoms with Gasteiger partial charge in [-0.15, -0.1) is 0 Å². The summed E-state index contributed by atoms with van der Waals surface area (Å²) in [6.45, 7) is 5.16. The molecule has 106 valence electrons. The number of hydrogen-bond acceptors (Lipinski definition) is 5. The number of rotatable bonds is 5. The third kappa shape index (κ3) is 3.82. The van der Waals surface area contributed by atoms with Gasteiger partial charge in [-0.05, 0) is 20.3 Å². The van der Waals surface area contributed by atoms with Crippen LogP contribution in [0.1, 0.15) is 33.6 Å². The highest BCUT2D eigenvalue weighted by Gasteiger charge is 2.46. The number of ether oxygens (including phenoxy) is 1. The first kappa shape index (κ1) is 15.2. The minimum atomic E-state index is -3.91. The maximum atomic E-state index is 11.7. The van der Waals surface area contributed by atoms with Crippen molar-refractivity contribution in [3.05, 3.63) is 0 Å². The Hall–Kier alpha value is -0.860. The maximum Gasteiger partial charge on any atom is 0.422 e. The van der Waals surface area contributed by atoms with Crippen molar-refractivity contribution in [2.75, 3.05) is 13.1 Å². The molecule has 0 saturated carbocycles. The van der Waals surface area contributed by atoms with Crippen LogP contribution in [-0.2, 0) is 14.9 Å². The molecule has 0 aromatic heterocycles. The first-order chi connectivity index (χ1) is 8.18. The highest BCUT2D eigenvalue weighted by Crippen LogP contribution is 2.27. The number of carbonyl (C=O) groups is 1. The molecule has 0 radical (unpaired) electrons. The molecule has 0 aromatic rings. The van der Waals surface area contributed by atoms with Gasteiger partial charge in [-0.2, -0.15) is 12.7 Å². The van der Waals surface area contributed by atoms with E-state index in [1.807, 2.05) is 6.92 Å². The van der Waals surface area contributed by atoms with Crippen LogP contribution in [0.2, 0.25) is 0 Å². The van der Waals surface area contributed by atoms with Crippen molar-refractivity contribution in [3.63, 3.8) is 0 Å². The van der Waals surface area contributed by atoms with Crippen LogP contribution in [-0.4, -0.2) is 48.7 Å². The van der Waals surface area contributed by atoms with Crippen LogP contribution >= 0.6 is 0 Å². The van der Waals surface area contributed by atoms with Crippen molar-refractivity contribution in [2.45, 2.75) is 45.3 Å². The molecular weight excluding hydrogens is 260 g/mol. The lowest BCUT2D eigenvalue weighted by molar-refractivity contribution is -0.0658. The fraction of sp³-hybridized carbons (Fsp3) is 0.900. The first-order valence-electron chi connectivity index (χ1n) is 5.89. The van der Waals surface area contributed by atoms with E-state index in [4.69, 9.17) is 0 Å². The second-order valence-electron chi connectivity index (χ2n) is 4.80. The number of aliphatic hydroxyl groups is 1. The number of nitrogens with zero attached hydrogens (tertiary/aromatic N) is 1. The van der Waals surface area contributed by atoms with Gasteiger partial charge >= 0.3 is 16.3 Å². The molecule has 0 aliphatic carbocycles. The summed E-state index contributed by atoms with van der Waals surface area (Å²) in [6.07, 6.45) is -0.0904. The summed E-state index contributed by atoms with van der Waals surface area (Å²) in [5, 5.41) is 9.87. The molecule has 0 bridgehead atoms. The number of carbonyl (C=O) groups excluding carboxylic acids is 1. The predicted molar refractivity (Wildman–Crippen MR) is 65.1 cm³/mol. The minimum Gasteiger partial charge on any atom is -0.446 e. The van der Waals surface area contributed by atoms with E-state index in [-0.39, 0.29) is 13.1 Å². The molecule has 18 heavy (non-hydrogen) atoms. The molecule has 0 aromatic carbocycles. The standard InChI is InChI=1S/C10H20N2O5S/c1-4-5-10(14)6-12(7-10)18(15,16)11-9(13)17-8(2)3/h8,14H,4-7H2,1-3H3,(H,11,13). The van der Waals surface area contributed by atoms with Crippen LogP contribution in [0.4, 0.5) is 4.79 Å². The average Bonchev–Trinajstić information content (AvgIpc) is 2.11. The van der Waals surface area contributed by atoms with E-state index in [0.29, 0.717) is 6.42 Å². The molecule has 1 rings (SSSR count). The Morgan fingerprint density at radius 2 is 2.06 bits per heavy atom. The summed E-state index contributed by atoms with van der Waals surface area (Å²) in [7, 11) is -3.91. The van der Waals surface area contributed by atoms with Gasteiger partial charge in [0, 0.05) is 13.1 Å². The van der Waals surface area contributed by atoms with Gasteiger partial charge in [0.25, 0.3) is 0 Å². The molecule has 0 atom stereocenters. The van der Waals surface area contributed by atoms with Crippen LogP contribution < -0.4 is 4.72 Å². The second-order valence-corrected chi connectivity index (χ2v) is 6.47. The molecule has 1 heterocycles. The van der Waals surface area contributed by atoms with Gasteiger partial charge in [0.15, 0.2) is 0 Å². The summed E-state index contributed by atoms with van der Waals surface area (Å²) in [6, 6.07) is 0. The van der Waals surface area contributed by atoms with Crippen LogP contribution in [0.15, 0.2) is 0 Å². The van der Waals surface area contributed by atoms with Crippen molar-refractivity contribution < 1.29 is 23.1 Å². The molecule has 1 amide bonds. The van der Waals surface area contributed by atoms with Crippen molar-refractivity contribution in [1.29, 1.82) is 0 Å². The number of hydrogen-bond donors (Lipinski definition) is 2. The Morgan fingerprint density at radius 1 is 1.50 bits per heavy atom. The smallest absolute Gasteiger partial charge is 0.422 e. The fourth-order valence-corrected chi connectivity index (χ4v) is 3.02. The lowest BCUT2D eigenvalue weighted by Gasteiger charge is -2.44. The van der Waals surface area contributed by atoms with Crippen molar-refractivity contribution in [1.82, 2.24) is 9.03 Å². The molecule has 1 aliphatic heterocycles. The van der Waals surface area contributed by atoms with Crippen molar-refractivity contribution in [3.8, 4) is 0 Å². The summed E-state index contributed by atoms with van der Waals surface area (Å²) < 4.78 is 30.9. The predicted octanol–water partition coefficient (Wildman–Crippen LogP) is 0.213. The van der Waals surface area contributed by atoms with Crippen molar-refractivity contribution >= 4 is 16.3 Å². The fourth-order valence-electron chi connectivity index (χ4n) is 1.81. The zero-order valence-corrected chi connectivity index (χ0v) is 11.7. The molecule has 2 N–H and O–H groups in total. The van der Waals surface area contributed by atoms with Gasteiger partial charge in [0.1, 0.15) is 0 Å². The number of β-amino-alcohol motifs (C(OH)–C–C–N with tert-alkyl or cyclic N) is 1. The van der Waals surface area contributed by atoms with E-state index < -0.39 is 28.0 Å². The van der Waals surface area contributed by atoms with E-state index in [2.05, 4.69) is 4.74 Å². The first-order valence-corrected chi connectivity index (χ1v) is 7.33. The Balaban J connectivity index is 2.50. The Kier molecular flexibility index (Phi) is 4.57. The van der Waals surface area contributed by atoms with Gasteiger partial charge in [-0.25, -0.2) is 9.52 Å². The van der Waals surface area contributed by atoms with E-state index in [1.165, 1.54) is 0 Å². The molecule has 1 aliphatic rings. The zero-order chi connectivity index (χ0) is 14.0. The summed E-state index contributed by atoms with van der Waals surface area (Å²) >= 11 is 0. The third-order valence-electron chi connectivity index (χ3n) is 2.55. The van der Waals surface area contributed by atoms with Gasteiger partial charge < -0.3 is 9.84 Å². The molecule has 0 spiro atoms. The van der Waals surface area contributed by atoms with E-state index in [0.717, 1.165) is 10.7 Å². The molecule has 8 heteroatoms. The van der Waals surface area contributed by atoms with Crippen LogP contribution in [0.5, 0.6) is 0 Å². The molecule has 1 fully saturated rings. The molecule has 0 unspecified atom stereocenters. The van der Waals surface area contributed by atoms with Gasteiger partial charge in [0.2, 0.25) is 0 Å². The maximum absolute atomic E-state index is 11.7. The number of amides is 1. The quantitative estimate of drug-likeness (QED) is 0.750. The van der Waals surface area contributed by atoms with E-state index in [9.17, 15) is 18.3 Å². The van der Waals surface area contributed by atoms with Crippen LogP contribution in [0.3, 0.4) is 0 Å². The summed E-state index contributed by atoms with van der Waals surface area (Å²) in [4.78, 5) is 11.2. The largest absolute Gasteiger partial charge is 0.446 e. The normalized spacial score (nSPS) is 19.4. The monoisotopic (exact) mass is 280 g/mol. The van der Waals surface area contributed by atoms with Crippen molar-refractivity contribution in [2.24, 2.45) is 0 Å². The Bertz CT molecular complexity index is 400. The lowest BCUT2D eigenvalue weighted by Crippen LogP contribution is -2.65. The van der Waals surface area contributed by atoms with Gasteiger partial charge in [-0.1, -0.05) is 13.3 Å². The van der Waals surface area contributed by atoms with Gasteiger partial charge in [0.05, 0.1) is 11.7 Å². The number of nitrogens with one attached hydrogen (secondary N) is 1. The van der Waals surface area contributed by atoms with E-state index >= 15 is 0 Å². The Labute approximate surface area is 107 Å². The van der Waals surface area contributed by atoms with Gasteiger partial charge in [-0.3, -0.25) is 0 Å². The highest BCUT2D eigenvalue weighted by molar-refractivity contribution is 7.87. The second kappa shape index (κ2) is 5.41. The van der Waals surface area contributed by atoms with E-state index in [1.54, 1.807) is 18.6 Å².